The molecule has 60 heavy (non-hydrogen) atoms. The molecule has 0 fully saturated rings. The van der Waals surface area contributed by atoms with Crippen LogP contribution in [-0.4, -0.2) is 63.8 Å². The summed E-state index contributed by atoms with van der Waals surface area (Å²) in [5, 5.41) is 3.55. The minimum Gasteiger partial charge on any atom is -0.488 e. The van der Waals surface area contributed by atoms with E-state index in [0.717, 1.165) is 111 Å². The van der Waals surface area contributed by atoms with Crippen molar-refractivity contribution in [3.8, 4) is 11.5 Å². The van der Waals surface area contributed by atoms with Crippen LogP contribution in [0, 0.1) is 11.8 Å². The largest absolute Gasteiger partial charge is 0.488 e. The Morgan fingerprint density at radius 2 is 0.783 bits per heavy atom. The van der Waals surface area contributed by atoms with Crippen LogP contribution in [0.25, 0.3) is 21.5 Å². The summed E-state index contributed by atoms with van der Waals surface area (Å²) in [6.45, 7) is 15.4. The molecule has 0 aliphatic heterocycles. The molecule has 0 aliphatic carbocycles. The predicted octanol–water partition coefficient (Wildman–Crippen LogP) is 13.8. The average molecular weight is 835 g/mol. The highest BCUT2D eigenvalue weighted by Gasteiger charge is 2.23. The van der Waals surface area contributed by atoms with Crippen LogP contribution in [0.2, 0.25) is 0 Å². The van der Waals surface area contributed by atoms with Crippen molar-refractivity contribution in [3.05, 3.63) is 48.5 Å². The van der Waals surface area contributed by atoms with Gasteiger partial charge in [0.2, 0.25) is 0 Å². The van der Waals surface area contributed by atoms with Crippen LogP contribution in [0.3, 0.4) is 0 Å². The number of fused-ring (bicyclic) bond motifs is 2. The van der Waals surface area contributed by atoms with Crippen molar-refractivity contribution in [1.29, 1.82) is 0 Å². The van der Waals surface area contributed by atoms with Crippen molar-refractivity contribution < 1.29 is 38.0 Å². The number of rotatable bonds is 36. The van der Waals surface area contributed by atoms with Gasteiger partial charge in [0, 0.05) is 47.6 Å². The van der Waals surface area contributed by atoms with Crippen molar-refractivity contribution in [1.82, 2.24) is 0 Å². The molecule has 0 aliphatic rings. The van der Waals surface area contributed by atoms with E-state index in [0.29, 0.717) is 49.4 Å². The van der Waals surface area contributed by atoms with Crippen molar-refractivity contribution in [3.63, 3.8) is 0 Å². The van der Waals surface area contributed by atoms with E-state index in [1.54, 1.807) is 0 Å². The average Bonchev–Trinajstić information content (AvgIpc) is 3.26. The summed E-state index contributed by atoms with van der Waals surface area (Å²) >= 11 is 0. The third-order valence-electron chi connectivity index (χ3n) is 11.6. The van der Waals surface area contributed by atoms with E-state index in [9.17, 15) is 9.59 Å². The van der Waals surface area contributed by atoms with Crippen molar-refractivity contribution in [2.45, 2.75) is 182 Å². The van der Waals surface area contributed by atoms with Gasteiger partial charge in [-0.1, -0.05) is 180 Å². The molecule has 4 unspecified atom stereocenters. The van der Waals surface area contributed by atoms with Gasteiger partial charge in [0.25, 0.3) is 0 Å². The van der Waals surface area contributed by atoms with Crippen LogP contribution in [0.1, 0.15) is 170 Å². The van der Waals surface area contributed by atoms with Crippen LogP contribution in [0.5, 0.6) is 11.5 Å². The molecule has 0 aromatic heterocycles. The second-order valence-corrected chi connectivity index (χ2v) is 16.8. The number of esters is 2. The van der Waals surface area contributed by atoms with Gasteiger partial charge in [-0.3, -0.25) is 9.59 Å². The van der Waals surface area contributed by atoms with Gasteiger partial charge in [-0.2, -0.15) is 0 Å². The molecule has 3 rings (SSSR count). The van der Waals surface area contributed by atoms with Crippen molar-refractivity contribution >= 4 is 33.5 Å². The van der Waals surface area contributed by atoms with Gasteiger partial charge in [-0.15, -0.1) is 0 Å². The third kappa shape index (κ3) is 19.1. The Kier molecular flexibility index (Phi) is 26.8. The van der Waals surface area contributed by atoms with Gasteiger partial charge in [0.1, 0.15) is 24.7 Å². The molecule has 8 nitrogen and oxygen atoms in total. The molecule has 8 heteroatoms. The highest BCUT2D eigenvalue weighted by molar-refractivity contribution is 6.11. The molecule has 0 bridgehead atoms. The first kappa shape index (κ1) is 51.0. The summed E-state index contributed by atoms with van der Waals surface area (Å²) in [5.74, 6) is 1.95. The molecular formula is C52H82O8. The van der Waals surface area contributed by atoms with Crippen LogP contribution >= 0.6 is 0 Å². The zero-order chi connectivity index (χ0) is 43.2. The number of carbonyl (C=O) groups excluding carboxylic acids is 2. The fourth-order valence-corrected chi connectivity index (χ4v) is 7.71. The van der Waals surface area contributed by atoms with E-state index >= 15 is 0 Å². The van der Waals surface area contributed by atoms with E-state index in [1.807, 2.05) is 48.5 Å². The molecule has 0 saturated carbocycles. The molecule has 3 aromatic rings. The predicted molar refractivity (Wildman–Crippen MR) is 247 cm³/mol. The number of ether oxygens (including phenoxy) is 6. The van der Waals surface area contributed by atoms with E-state index in [2.05, 4.69) is 41.5 Å². The minimum atomic E-state index is -0.554. The SMILES string of the molecule is CCCCCCCC(=O)OC(COCC(CC)CCCC)COc1c2ccccc2c(OCC(COCC(CC)CCCC)OC(=O)CCCCCCC)c2ccccc12. The van der Waals surface area contributed by atoms with E-state index in [4.69, 9.17) is 28.4 Å². The Balaban J connectivity index is 1.84. The number of unbranched alkanes of at least 4 members (excludes halogenated alkanes) is 10. The van der Waals surface area contributed by atoms with Gasteiger partial charge < -0.3 is 28.4 Å². The molecule has 4 atom stereocenters. The number of benzene rings is 3. The second kappa shape index (κ2) is 31.5. The lowest BCUT2D eigenvalue weighted by Crippen LogP contribution is -2.31. The highest BCUT2D eigenvalue weighted by atomic mass is 16.6. The summed E-state index contributed by atoms with van der Waals surface area (Å²) in [5.41, 5.74) is 0. The maximum Gasteiger partial charge on any atom is 0.306 e. The van der Waals surface area contributed by atoms with Crippen molar-refractivity contribution in [2.75, 3.05) is 39.6 Å². The first-order valence-electron chi connectivity index (χ1n) is 24.1. The van der Waals surface area contributed by atoms with Gasteiger partial charge in [-0.25, -0.2) is 0 Å². The van der Waals surface area contributed by atoms with Crippen LogP contribution in [-0.2, 0) is 28.5 Å². The summed E-state index contributed by atoms with van der Waals surface area (Å²) < 4.78 is 38.0. The van der Waals surface area contributed by atoms with Crippen molar-refractivity contribution in [2.24, 2.45) is 11.8 Å². The Bertz CT molecular complexity index is 1420. The topological polar surface area (TPSA) is 89.5 Å². The molecule has 0 radical (unpaired) electrons. The lowest BCUT2D eigenvalue weighted by Gasteiger charge is -2.24. The highest BCUT2D eigenvalue weighted by Crippen LogP contribution is 2.43. The Morgan fingerprint density at radius 3 is 1.12 bits per heavy atom. The zero-order valence-electron chi connectivity index (χ0n) is 38.6. The summed E-state index contributed by atoms with van der Waals surface area (Å²) in [6.07, 6.45) is 19.4. The normalized spacial score (nSPS) is 13.6. The Labute approximate surface area is 364 Å². The second-order valence-electron chi connectivity index (χ2n) is 16.8. The van der Waals surface area contributed by atoms with Gasteiger partial charge in [-0.05, 0) is 37.5 Å². The number of carbonyl (C=O) groups is 2. The fraction of sp³-hybridized carbons (Fsp3) is 0.692. The third-order valence-corrected chi connectivity index (χ3v) is 11.6. The van der Waals surface area contributed by atoms with E-state index in [-0.39, 0.29) is 38.4 Å². The number of hydrogen-bond acceptors (Lipinski definition) is 8. The molecule has 0 N–H and O–H groups in total. The Morgan fingerprint density at radius 1 is 0.433 bits per heavy atom. The lowest BCUT2D eigenvalue weighted by atomic mass is 10.0. The molecular weight excluding hydrogens is 753 g/mol. The maximum atomic E-state index is 13.1. The zero-order valence-corrected chi connectivity index (χ0v) is 38.6. The van der Waals surface area contributed by atoms with Gasteiger partial charge in [0.15, 0.2) is 12.2 Å². The van der Waals surface area contributed by atoms with Crippen LogP contribution in [0.4, 0.5) is 0 Å². The first-order valence-corrected chi connectivity index (χ1v) is 24.1. The minimum absolute atomic E-state index is 0.159. The van der Waals surface area contributed by atoms with Gasteiger partial charge in [0.05, 0.1) is 13.2 Å². The lowest BCUT2D eigenvalue weighted by molar-refractivity contribution is -0.155. The smallest absolute Gasteiger partial charge is 0.306 e. The van der Waals surface area contributed by atoms with Crippen LogP contribution in [0.15, 0.2) is 48.5 Å². The first-order chi connectivity index (χ1) is 29.4. The molecule has 0 heterocycles. The maximum absolute atomic E-state index is 13.1. The fourth-order valence-electron chi connectivity index (χ4n) is 7.71. The van der Waals surface area contributed by atoms with Gasteiger partial charge >= 0.3 is 11.9 Å². The van der Waals surface area contributed by atoms with Crippen LogP contribution < -0.4 is 9.47 Å². The summed E-state index contributed by atoms with van der Waals surface area (Å²) in [6, 6.07) is 16.1. The molecule has 0 spiro atoms. The van der Waals surface area contributed by atoms with E-state index in [1.165, 1.54) is 25.7 Å². The molecule has 3 aromatic carbocycles. The quantitative estimate of drug-likeness (QED) is 0.0325. The van der Waals surface area contributed by atoms with E-state index < -0.39 is 12.2 Å². The standard InChI is InChI=1S/C52H82O8/c1-7-13-17-19-21-33-49(53)59-43(37-55-35-41(11-5)27-15-9-3)39-57-51-45-29-23-25-31-47(45)52(48-32-26-24-30-46(48)51)58-40-44(38-56-36-42(12-6)28-16-10-4)60-50(54)34-22-20-18-14-8-2/h23-26,29-32,41-44H,7-22,27-28,33-40H2,1-6H3. The molecule has 0 saturated heterocycles. The Hall–Kier alpha value is -3.36. The number of hydrogen-bond donors (Lipinski definition) is 0. The molecule has 338 valence electrons. The molecule has 0 amide bonds. The summed E-state index contributed by atoms with van der Waals surface area (Å²) in [4.78, 5) is 26.2. The summed E-state index contributed by atoms with van der Waals surface area (Å²) in [7, 11) is 0. The monoisotopic (exact) mass is 835 g/mol.